The van der Waals surface area contributed by atoms with E-state index in [4.69, 9.17) is 0 Å². The Morgan fingerprint density at radius 3 is 2.47 bits per heavy atom. The molecular formula is C10H10F3NO. The van der Waals surface area contributed by atoms with Crippen LogP contribution in [0.3, 0.4) is 0 Å². The molecule has 1 amide bonds. The molecule has 0 bridgehead atoms. The van der Waals surface area contributed by atoms with Gasteiger partial charge in [0.15, 0.2) is 0 Å². The number of amides is 1. The lowest BCUT2D eigenvalue weighted by Gasteiger charge is -2.09. The summed E-state index contributed by atoms with van der Waals surface area (Å²) in [5.41, 5.74) is -0.272. The molecule has 15 heavy (non-hydrogen) atoms. The third-order valence-electron chi connectivity index (χ3n) is 2.02. The van der Waals surface area contributed by atoms with Gasteiger partial charge in [0.2, 0.25) is 0 Å². The van der Waals surface area contributed by atoms with Crippen LogP contribution in [0.2, 0.25) is 0 Å². The van der Waals surface area contributed by atoms with Crippen molar-refractivity contribution in [3.63, 3.8) is 0 Å². The molecule has 1 aromatic rings. The molecule has 0 saturated heterocycles. The molecule has 2 nitrogen and oxygen atoms in total. The average molecular weight is 217 g/mol. The van der Waals surface area contributed by atoms with Crippen LogP contribution < -0.4 is 5.32 Å². The van der Waals surface area contributed by atoms with Crippen LogP contribution >= 0.6 is 0 Å². The Morgan fingerprint density at radius 1 is 1.40 bits per heavy atom. The van der Waals surface area contributed by atoms with Crippen molar-refractivity contribution in [3.8, 4) is 0 Å². The van der Waals surface area contributed by atoms with E-state index in [2.05, 4.69) is 7.05 Å². The number of quaternary nitrogens is 1. The number of aryl methyl sites for hydroxylation is 1. The molecule has 1 rings (SSSR count). The lowest BCUT2D eigenvalue weighted by atomic mass is 10.0. The number of carbonyl (C=O) groups excluding carboxylic acids is 1. The Bertz CT molecular complexity index is 385. The van der Waals surface area contributed by atoms with E-state index >= 15 is 0 Å². The Kier molecular flexibility index (Phi) is 3.14. The maximum Gasteiger partial charge on any atom is 0.416 e. The van der Waals surface area contributed by atoms with Gasteiger partial charge in [-0.25, -0.2) is 4.79 Å². The van der Waals surface area contributed by atoms with E-state index in [1.165, 1.54) is 6.07 Å². The van der Waals surface area contributed by atoms with Crippen molar-refractivity contribution in [2.75, 3.05) is 0 Å². The molecule has 0 spiro atoms. The van der Waals surface area contributed by atoms with Gasteiger partial charge >= 0.3 is 12.1 Å². The second-order valence-corrected chi connectivity index (χ2v) is 3.10. The SMILES string of the molecule is [CH2-][NH2+]C(=O)c1cc(C(F)(F)F)ccc1C. The number of hydrogen-bond acceptors (Lipinski definition) is 1. The molecule has 82 valence electrons. The van der Waals surface area contributed by atoms with Crippen LogP contribution in [0.4, 0.5) is 13.2 Å². The number of halogens is 3. The molecule has 0 heterocycles. The summed E-state index contributed by atoms with van der Waals surface area (Å²) in [6.45, 7) is 1.58. The summed E-state index contributed by atoms with van der Waals surface area (Å²) < 4.78 is 37.0. The fraction of sp³-hybridized carbons (Fsp3) is 0.200. The summed E-state index contributed by atoms with van der Waals surface area (Å²) >= 11 is 0. The maximum absolute atomic E-state index is 12.3. The van der Waals surface area contributed by atoms with Gasteiger partial charge in [0.1, 0.15) is 0 Å². The van der Waals surface area contributed by atoms with E-state index in [9.17, 15) is 18.0 Å². The highest BCUT2D eigenvalue weighted by Gasteiger charge is 2.31. The molecule has 0 unspecified atom stereocenters. The van der Waals surface area contributed by atoms with Crippen LogP contribution in [-0.4, -0.2) is 5.91 Å². The zero-order valence-electron chi connectivity index (χ0n) is 8.06. The van der Waals surface area contributed by atoms with Crippen molar-refractivity contribution in [3.05, 3.63) is 41.9 Å². The molecule has 0 fully saturated rings. The van der Waals surface area contributed by atoms with E-state index in [0.29, 0.717) is 5.56 Å². The predicted octanol–water partition coefficient (Wildman–Crippen LogP) is 1.51. The smallest absolute Gasteiger partial charge is 0.411 e. The van der Waals surface area contributed by atoms with Crippen LogP contribution in [0.1, 0.15) is 21.5 Å². The summed E-state index contributed by atoms with van der Waals surface area (Å²) in [5, 5.41) is 1.00. The number of alkyl halides is 3. The molecule has 0 aliphatic heterocycles. The Balaban J connectivity index is 3.23. The summed E-state index contributed by atoms with van der Waals surface area (Å²) in [6, 6.07) is 3.08. The molecule has 1 aromatic carbocycles. The minimum atomic E-state index is -4.43. The summed E-state index contributed by atoms with van der Waals surface area (Å²) in [4.78, 5) is 11.2. The number of primary amides is 1. The lowest BCUT2D eigenvalue weighted by Crippen LogP contribution is -2.81. The number of hydrogen-bond donors (Lipinski definition) is 1. The van der Waals surface area contributed by atoms with E-state index < -0.39 is 17.6 Å². The highest BCUT2D eigenvalue weighted by Crippen LogP contribution is 2.30. The molecule has 2 N–H and O–H groups in total. The average Bonchev–Trinajstić information content (AvgIpc) is 2.15. The lowest BCUT2D eigenvalue weighted by molar-refractivity contribution is -0.489. The van der Waals surface area contributed by atoms with Gasteiger partial charge in [-0.15, -0.1) is 7.05 Å². The number of nitrogens with two attached hydrogens (primary N) is 1. The summed E-state index contributed by atoms with van der Waals surface area (Å²) in [7, 11) is 3.24. The molecule has 0 radical (unpaired) electrons. The summed E-state index contributed by atoms with van der Waals surface area (Å²) in [5.74, 6) is -0.501. The molecule has 0 saturated carbocycles. The first kappa shape index (κ1) is 11.7. The van der Waals surface area contributed by atoms with Gasteiger partial charge in [-0.2, -0.15) is 13.2 Å². The number of carbonyl (C=O) groups is 1. The third-order valence-corrected chi connectivity index (χ3v) is 2.02. The highest BCUT2D eigenvalue weighted by molar-refractivity contribution is 5.88. The van der Waals surface area contributed by atoms with Gasteiger partial charge in [0.05, 0.1) is 11.1 Å². The van der Waals surface area contributed by atoms with Gasteiger partial charge in [-0.1, -0.05) is 6.07 Å². The normalized spacial score (nSPS) is 11.5. The Hall–Kier alpha value is -1.36. The third kappa shape index (κ3) is 2.56. The van der Waals surface area contributed by atoms with Gasteiger partial charge < -0.3 is 5.32 Å². The fourth-order valence-electron chi connectivity index (χ4n) is 1.17. The van der Waals surface area contributed by atoms with E-state index in [0.717, 1.165) is 17.4 Å². The first-order chi connectivity index (χ1) is 6.86. The molecular weight excluding hydrogens is 207 g/mol. The topological polar surface area (TPSA) is 33.7 Å². The molecule has 5 heteroatoms. The monoisotopic (exact) mass is 217 g/mol. The van der Waals surface area contributed by atoms with Crippen LogP contribution in [0.5, 0.6) is 0 Å². The van der Waals surface area contributed by atoms with Gasteiger partial charge in [0.25, 0.3) is 0 Å². The van der Waals surface area contributed by atoms with Crippen molar-refractivity contribution in [2.45, 2.75) is 13.1 Å². The van der Waals surface area contributed by atoms with Gasteiger partial charge in [-0.3, -0.25) is 0 Å². The zero-order valence-corrected chi connectivity index (χ0v) is 8.06. The Labute approximate surface area is 85.1 Å². The van der Waals surface area contributed by atoms with Crippen LogP contribution in [0.15, 0.2) is 18.2 Å². The molecule has 0 aromatic heterocycles. The molecule has 0 aliphatic rings. The van der Waals surface area contributed by atoms with E-state index in [1.807, 2.05) is 0 Å². The number of benzene rings is 1. The van der Waals surface area contributed by atoms with Crippen molar-refractivity contribution in [2.24, 2.45) is 0 Å². The quantitative estimate of drug-likeness (QED) is 0.711. The predicted molar refractivity (Wildman–Crippen MR) is 47.8 cm³/mol. The van der Waals surface area contributed by atoms with Crippen LogP contribution in [0, 0.1) is 14.0 Å². The maximum atomic E-state index is 12.3. The van der Waals surface area contributed by atoms with Crippen LogP contribution in [-0.2, 0) is 6.18 Å². The molecule has 0 atom stereocenters. The second-order valence-electron chi connectivity index (χ2n) is 3.10. The zero-order chi connectivity index (χ0) is 11.6. The van der Waals surface area contributed by atoms with Crippen molar-refractivity contribution < 1.29 is 23.3 Å². The van der Waals surface area contributed by atoms with Gasteiger partial charge in [-0.05, 0) is 24.6 Å². The fourth-order valence-corrected chi connectivity index (χ4v) is 1.17. The minimum absolute atomic E-state index is 0.0415. The van der Waals surface area contributed by atoms with Crippen molar-refractivity contribution in [1.29, 1.82) is 0 Å². The first-order valence-electron chi connectivity index (χ1n) is 4.21. The van der Waals surface area contributed by atoms with Crippen molar-refractivity contribution >= 4 is 5.91 Å². The summed E-state index contributed by atoms with van der Waals surface area (Å²) in [6.07, 6.45) is -4.43. The van der Waals surface area contributed by atoms with Crippen molar-refractivity contribution in [1.82, 2.24) is 0 Å². The Morgan fingerprint density at radius 2 is 2.00 bits per heavy atom. The van der Waals surface area contributed by atoms with E-state index in [1.54, 1.807) is 6.92 Å². The van der Waals surface area contributed by atoms with E-state index in [-0.39, 0.29) is 5.56 Å². The number of rotatable bonds is 1. The highest BCUT2D eigenvalue weighted by atomic mass is 19.4. The molecule has 0 aliphatic carbocycles. The van der Waals surface area contributed by atoms with Crippen LogP contribution in [0.25, 0.3) is 0 Å². The first-order valence-corrected chi connectivity index (χ1v) is 4.21. The second kappa shape index (κ2) is 4.02. The largest absolute Gasteiger partial charge is 0.416 e. The standard InChI is InChI=1S/C10H10F3NO/c1-6-3-4-7(10(11,12)13)5-8(6)9(15)14-2/h3-5H,2,14H2,1H3. The van der Waals surface area contributed by atoms with Gasteiger partial charge in [0, 0.05) is 0 Å². The minimum Gasteiger partial charge on any atom is -0.411 e.